The Bertz CT molecular complexity index is 765. The summed E-state index contributed by atoms with van der Waals surface area (Å²) in [5, 5.41) is 0.619. The fourth-order valence-corrected chi connectivity index (χ4v) is 2.90. The lowest BCUT2D eigenvalue weighted by Gasteiger charge is -2.34. The van der Waals surface area contributed by atoms with E-state index in [-0.39, 0.29) is 17.8 Å². The largest absolute Gasteiger partial charge is 0.451 e. The number of alkyl halides is 3. The average Bonchev–Trinajstić information content (AvgIpc) is 2.61. The van der Waals surface area contributed by atoms with E-state index in [4.69, 9.17) is 16.3 Å². The molecule has 0 amide bonds. The molecule has 0 radical (unpaired) electrons. The van der Waals surface area contributed by atoms with Gasteiger partial charge in [-0.3, -0.25) is 0 Å². The Morgan fingerprint density at radius 3 is 2.50 bits per heavy atom. The molecule has 4 nitrogen and oxygen atoms in total. The summed E-state index contributed by atoms with van der Waals surface area (Å²) in [6, 6.07) is 8.88. The van der Waals surface area contributed by atoms with Gasteiger partial charge in [-0.1, -0.05) is 37.6 Å². The van der Waals surface area contributed by atoms with E-state index in [1.165, 1.54) is 0 Å². The van der Waals surface area contributed by atoms with Crippen molar-refractivity contribution in [3.05, 3.63) is 52.4 Å². The Labute approximate surface area is 155 Å². The first-order chi connectivity index (χ1) is 12.2. The van der Waals surface area contributed by atoms with Crippen molar-refractivity contribution in [2.75, 3.05) is 24.6 Å². The number of halogens is 4. The van der Waals surface area contributed by atoms with Gasteiger partial charge >= 0.3 is 6.18 Å². The molecule has 140 valence electrons. The van der Waals surface area contributed by atoms with Crippen LogP contribution in [0.2, 0.25) is 5.02 Å². The molecule has 1 aliphatic heterocycles. The van der Waals surface area contributed by atoms with Crippen molar-refractivity contribution < 1.29 is 17.9 Å². The second-order valence-corrected chi connectivity index (χ2v) is 6.92. The molecule has 3 rings (SSSR count). The van der Waals surface area contributed by atoms with Gasteiger partial charge in [0, 0.05) is 29.9 Å². The molecule has 1 fully saturated rings. The fraction of sp³-hybridized carbons (Fsp3) is 0.444. The quantitative estimate of drug-likeness (QED) is 0.757. The van der Waals surface area contributed by atoms with Gasteiger partial charge < -0.3 is 9.64 Å². The lowest BCUT2D eigenvalue weighted by molar-refractivity contribution is -0.145. The molecule has 0 N–H and O–H groups in total. The molecule has 0 spiro atoms. The summed E-state index contributed by atoms with van der Waals surface area (Å²) in [5.41, 5.74) is 1.30. The summed E-state index contributed by atoms with van der Waals surface area (Å²) in [4.78, 5) is 9.25. The molecule has 26 heavy (non-hydrogen) atoms. The predicted octanol–water partition coefficient (Wildman–Crippen LogP) is 4.85. The van der Waals surface area contributed by atoms with Gasteiger partial charge in [0.2, 0.25) is 5.82 Å². The first-order valence-corrected chi connectivity index (χ1v) is 8.70. The van der Waals surface area contributed by atoms with E-state index in [1.54, 1.807) is 18.2 Å². The number of ether oxygens (including phenoxy) is 1. The van der Waals surface area contributed by atoms with Gasteiger partial charge in [-0.25, -0.2) is 9.97 Å². The Morgan fingerprint density at radius 1 is 1.19 bits per heavy atom. The molecule has 2 heterocycles. The minimum absolute atomic E-state index is 0.133. The number of hydrogen-bond donors (Lipinski definition) is 0. The zero-order valence-electron chi connectivity index (χ0n) is 14.4. The number of aromatic nitrogens is 2. The first-order valence-electron chi connectivity index (χ1n) is 8.32. The molecule has 8 heteroatoms. The van der Waals surface area contributed by atoms with Gasteiger partial charge in [0.1, 0.15) is 11.9 Å². The van der Waals surface area contributed by atoms with E-state index in [2.05, 4.69) is 9.97 Å². The SMILES string of the molecule is CC(C)c1cc(N2CCO[C@H](c3ccc(Cl)cc3)C2)nc(C(F)(F)F)n1. The van der Waals surface area contributed by atoms with E-state index >= 15 is 0 Å². The Morgan fingerprint density at radius 2 is 1.88 bits per heavy atom. The van der Waals surface area contributed by atoms with Crippen LogP contribution < -0.4 is 4.90 Å². The van der Waals surface area contributed by atoms with Gasteiger partial charge in [0.15, 0.2) is 0 Å². The molecule has 2 aromatic rings. The first kappa shape index (κ1) is 18.9. The molecule has 0 aliphatic carbocycles. The van der Waals surface area contributed by atoms with Crippen molar-refractivity contribution in [1.29, 1.82) is 0 Å². The average molecular weight is 386 g/mol. The highest BCUT2D eigenvalue weighted by atomic mass is 35.5. The Hall–Kier alpha value is -1.86. The smallest absolute Gasteiger partial charge is 0.370 e. The highest BCUT2D eigenvalue weighted by molar-refractivity contribution is 6.30. The summed E-state index contributed by atoms with van der Waals surface area (Å²) in [6.07, 6.45) is -4.84. The number of benzene rings is 1. The van der Waals surface area contributed by atoms with Crippen LogP contribution in [-0.2, 0) is 10.9 Å². The van der Waals surface area contributed by atoms with Gasteiger partial charge in [0.05, 0.1) is 6.61 Å². The minimum atomic E-state index is -4.58. The van der Waals surface area contributed by atoms with Crippen LogP contribution in [-0.4, -0.2) is 29.7 Å². The van der Waals surface area contributed by atoms with Gasteiger partial charge in [-0.05, 0) is 23.6 Å². The monoisotopic (exact) mass is 385 g/mol. The second kappa shape index (κ2) is 7.40. The Kier molecular flexibility index (Phi) is 5.39. The zero-order chi connectivity index (χ0) is 18.9. The van der Waals surface area contributed by atoms with Crippen LogP contribution in [0.1, 0.15) is 43.0 Å². The summed E-state index contributed by atoms with van der Waals surface area (Å²) in [5.74, 6) is -0.961. The van der Waals surface area contributed by atoms with Crippen LogP contribution in [0.3, 0.4) is 0 Å². The number of morpholine rings is 1. The van der Waals surface area contributed by atoms with E-state index < -0.39 is 12.0 Å². The summed E-state index contributed by atoms with van der Waals surface area (Å²) in [7, 11) is 0. The third kappa shape index (κ3) is 4.27. The molecule has 0 unspecified atom stereocenters. The van der Waals surface area contributed by atoms with E-state index in [9.17, 15) is 13.2 Å². The van der Waals surface area contributed by atoms with Crippen LogP contribution in [0, 0.1) is 0 Å². The third-order valence-corrected chi connectivity index (χ3v) is 4.46. The predicted molar refractivity (Wildman–Crippen MR) is 93.5 cm³/mol. The standard InChI is InChI=1S/C18H19ClF3N3O/c1-11(2)14-9-16(24-17(23-14)18(20,21)22)25-7-8-26-15(10-25)12-3-5-13(19)6-4-12/h3-6,9,11,15H,7-8,10H2,1-2H3/t15-/m0/s1. The molecule has 0 bridgehead atoms. The second-order valence-electron chi connectivity index (χ2n) is 6.48. The normalized spacial score (nSPS) is 18.4. The van der Waals surface area contributed by atoms with Gasteiger partial charge in [-0.15, -0.1) is 0 Å². The van der Waals surface area contributed by atoms with Crippen LogP contribution >= 0.6 is 11.6 Å². The lowest BCUT2D eigenvalue weighted by Crippen LogP contribution is -2.39. The molecule has 1 saturated heterocycles. The van der Waals surface area contributed by atoms with E-state index in [1.807, 2.05) is 30.9 Å². The maximum absolute atomic E-state index is 13.2. The lowest BCUT2D eigenvalue weighted by atomic mass is 10.1. The molecule has 1 aliphatic rings. The molecule has 1 aromatic heterocycles. The summed E-state index contributed by atoms with van der Waals surface area (Å²) < 4.78 is 45.3. The van der Waals surface area contributed by atoms with Crippen molar-refractivity contribution in [3.63, 3.8) is 0 Å². The van der Waals surface area contributed by atoms with E-state index in [0.717, 1.165) is 5.56 Å². The van der Waals surface area contributed by atoms with Gasteiger partial charge in [0.25, 0.3) is 0 Å². The molecular weight excluding hydrogens is 367 g/mol. The van der Waals surface area contributed by atoms with Crippen molar-refractivity contribution in [1.82, 2.24) is 9.97 Å². The van der Waals surface area contributed by atoms with E-state index in [0.29, 0.717) is 30.4 Å². The maximum atomic E-state index is 13.2. The molecule has 1 atom stereocenters. The highest BCUT2D eigenvalue weighted by Gasteiger charge is 2.36. The number of hydrogen-bond acceptors (Lipinski definition) is 4. The zero-order valence-corrected chi connectivity index (χ0v) is 15.2. The number of rotatable bonds is 3. The Balaban J connectivity index is 1.90. The van der Waals surface area contributed by atoms with Crippen molar-refractivity contribution in [3.8, 4) is 0 Å². The van der Waals surface area contributed by atoms with Crippen molar-refractivity contribution in [2.24, 2.45) is 0 Å². The van der Waals surface area contributed by atoms with Crippen LogP contribution in [0.4, 0.5) is 19.0 Å². The highest BCUT2D eigenvalue weighted by Crippen LogP contribution is 2.31. The molecule has 1 aromatic carbocycles. The van der Waals surface area contributed by atoms with Crippen LogP contribution in [0.5, 0.6) is 0 Å². The molecule has 0 saturated carbocycles. The summed E-state index contributed by atoms with van der Waals surface area (Å²) >= 11 is 5.91. The minimum Gasteiger partial charge on any atom is -0.370 e. The fourth-order valence-electron chi connectivity index (χ4n) is 2.77. The van der Waals surface area contributed by atoms with Crippen molar-refractivity contribution >= 4 is 17.4 Å². The molecular formula is C18H19ClF3N3O. The maximum Gasteiger partial charge on any atom is 0.451 e. The van der Waals surface area contributed by atoms with Crippen molar-refractivity contribution in [2.45, 2.75) is 32.0 Å². The summed E-state index contributed by atoms with van der Waals surface area (Å²) in [6.45, 7) is 4.89. The van der Waals surface area contributed by atoms with Crippen LogP contribution in [0.15, 0.2) is 30.3 Å². The van der Waals surface area contributed by atoms with Gasteiger partial charge in [-0.2, -0.15) is 13.2 Å². The topological polar surface area (TPSA) is 38.2 Å². The number of nitrogens with zero attached hydrogens (tertiary/aromatic N) is 3. The third-order valence-electron chi connectivity index (χ3n) is 4.21. The number of anilines is 1. The van der Waals surface area contributed by atoms with Crippen LogP contribution in [0.25, 0.3) is 0 Å².